The van der Waals surface area contributed by atoms with Gasteiger partial charge in [0.1, 0.15) is 0 Å². The van der Waals surface area contributed by atoms with Gasteiger partial charge in [-0.15, -0.1) is 0 Å². The molecular weight excluding hydrogens is 204 g/mol. The lowest BCUT2D eigenvalue weighted by atomic mass is 10.1. The molecule has 0 aliphatic heterocycles. The van der Waals surface area contributed by atoms with Gasteiger partial charge >= 0.3 is 17.6 Å². The second-order valence-corrected chi connectivity index (χ2v) is 2.75. The monoisotopic (exact) mass is 212 g/mol. The minimum Gasteiger partial charge on any atom is -0.478 e. The van der Waals surface area contributed by atoms with E-state index in [0.717, 1.165) is 6.07 Å². The molecule has 80 valence electrons. The van der Waals surface area contributed by atoms with Crippen molar-refractivity contribution < 1.29 is 24.2 Å². The van der Waals surface area contributed by atoms with Crippen LogP contribution in [0.1, 0.15) is 33.4 Å². The van der Waals surface area contributed by atoms with Crippen LogP contribution in [0.3, 0.4) is 0 Å². The Kier molecular flexibility index (Phi) is 2.89. The SMILES string of the molecule is CCc1c(C(=O)O)cc(=O)oc1C(=O)O. The highest BCUT2D eigenvalue weighted by atomic mass is 16.4. The van der Waals surface area contributed by atoms with Crippen molar-refractivity contribution in [2.75, 3.05) is 0 Å². The van der Waals surface area contributed by atoms with Gasteiger partial charge in [0.2, 0.25) is 5.76 Å². The summed E-state index contributed by atoms with van der Waals surface area (Å²) in [6, 6.07) is 0.771. The lowest BCUT2D eigenvalue weighted by Gasteiger charge is -2.04. The van der Waals surface area contributed by atoms with E-state index in [2.05, 4.69) is 4.42 Å². The molecular formula is C9H8O6. The molecule has 0 atom stereocenters. The maximum absolute atomic E-state index is 10.9. The molecule has 2 N–H and O–H groups in total. The summed E-state index contributed by atoms with van der Waals surface area (Å²) in [5.74, 6) is -3.41. The maximum Gasteiger partial charge on any atom is 0.372 e. The van der Waals surface area contributed by atoms with Crippen LogP contribution in [0.2, 0.25) is 0 Å². The first kappa shape index (κ1) is 11.0. The van der Waals surface area contributed by atoms with Gasteiger partial charge in [-0.25, -0.2) is 14.4 Å². The third-order valence-corrected chi connectivity index (χ3v) is 1.84. The van der Waals surface area contributed by atoms with Crippen molar-refractivity contribution in [3.63, 3.8) is 0 Å². The third kappa shape index (κ3) is 2.04. The molecule has 0 aromatic carbocycles. The highest BCUT2D eigenvalue weighted by molar-refractivity contribution is 5.94. The number of rotatable bonds is 3. The molecule has 0 unspecified atom stereocenters. The number of carbonyl (C=O) groups is 2. The van der Waals surface area contributed by atoms with E-state index in [1.807, 2.05) is 0 Å². The smallest absolute Gasteiger partial charge is 0.372 e. The zero-order valence-corrected chi connectivity index (χ0v) is 7.81. The standard InChI is InChI=1S/C9H8O6/c1-2-4-5(8(11)12)3-6(10)15-7(4)9(13)14/h3H,2H2,1H3,(H,11,12)(H,13,14). The van der Waals surface area contributed by atoms with E-state index in [0.29, 0.717) is 0 Å². The molecule has 0 aliphatic carbocycles. The van der Waals surface area contributed by atoms with Gasteiger partial charge in [-0.05, 0) is 6.42 Å². The number of hydrogen-bond acceptors (Lipinski definition) is 4. The summed E-state index contributed by atoms with van der Waals surface area (Å²) in [7, 11) is 0. The van der Waals surface area contributed by atoms with Crippen LogP contribution >= 0.6 is 0 Å². The van der Waals surface area contributed by atoms with Crippen molar-refractivity contribution in [2.45, 2.75) is 13.3 Å². The first-order valence-corrected chi connectivity index (χ1v) is 4.11. The molecule has 0 saturated heterocycles. The summed E-state index contributed by atoms with van der Waals surface area (Å²) in [4.78, 5) is 32.3. The van der Waals surface area contributed by atoms with Gasteiger partial charge in [0.05, 0.1) is 5.56 Å². The summed E-state index contributed by atoms with van der Waals surface area (Å²) in [5, 5.41) is 17.5. The largest absolute Gasteiger partial charge is 0.478 e. The topological polar surface area (TPSA) is 105 Å². The Hall–Kier alpha value is -2.11. The number of carboxylic acid groups (broad SMARTS) is 2. The fourth-order valence-corrected chi connectivity index (χ4v) is 1.23. The van der Waals surface area contributed by atoms with Crippen molar-refractivity contribution in [2.24, 2.45) is 0 Å². The molecule has 0 aliphatic rings. The minimum atomic E-state index is -1.45. The molecule has 0 bridgehead atoms. The number of aromatic carboxylic acids is 2. The Labute approximate surface area is 83.8 Å². The van der Waals surface area contributed by atoms with Gasteiger partial charge in [-0.3, -0.25) is 0 Å². The number of hydrogen-bond donors (Lipinski definition) is 2. The van der Waals surface area contributed by atoms with Crippen LogP contribution in [-0.4, -0.2) is 22.2 Å². The molecule has 6 heteroatoms. The van der Waals surface area contributed by atoms with E-state index >= 15 is 0 Å². The Bertz CT molecular complexity index is 432. The average molecular weight is 212 g/mol. The van der Waals surface area contributed by atoms with Gasteiger partial charge in [-0.2, -0.15) is 0 Å². The summed E-state index contributed by atoms with van der Waals surface area (Å²) < 4.78 is 4.43. The van der Waals surface area contributed by atoms with Crippen molar-refractivity contribution in [1.82, 2.24) is 0 Å². The summed E-state index contributed by atoms with van der Waals surface area (Å²) in [6.45, 7) is 1.58. The Morgan fingerprint density at radius 1 is 1.33 bits per heavy atom. The predicted molar refractivity (Wildman–Crippen MR) is 48.3 cm³/mol. The van der Waals surface area contributed by atoms with Crippen molar-refractivity contribution in [1.29, 1.82) is 0 Å². The normalized spacial score (nSPS) is 9.93. The van der Waals surface area contributed by atoms with Crippen LogP contribution in [0.5, 0.6) is 0 Å². The van der Waals surface area contributed by atoms with Crippen molar-refractivity contribution in [3.8, 4) is 0 Å². The molecule has 0 radical (unpaired) electrons. The molecule has 0 amide bonds. The van der Waals surface area contributed by atoms with Gasteiger partial charge in [0, 0.05) is 11.6 Å². The first-order valence-electron chi connectivity index (χ1n) is 4.11. The molecule has 6 nitrogen and oxygen atoms in total. The predicted octanol–water partition coefficient (Wildman–Crippen LogP) is 0.599. The molecule has 1 heterocycles. The van der Waals surface area contributed by atoms with Crippen LogP contribution in [0.15, 0.2) is 15.3 Å². The van der Waals surface area contributed by atoms with E-state index in [9.17, 15) is 14.4 Å². The van der Waals surface area contributed by atoms with Crippen molar-refractivity contribution in [3.05, 3.63) is 33.4 Å². The molecule has 1 aromatic rings. The van der Waals surface area contributed by atoms with Gasteiger partial charge in [0.15, 0.2) is 0 Å². The zero-order chi connectivity index (χ0) is 11.6. The van der Waals surface area contributed by atoms with Crippen LogP contribution < -0.4 is 5.63 Å². The number of carboxylic acids is 2. The fraction of sp³-hybridized carbons (Fsp3) is 0.222. The first-order chi connectivity index (χ1) is 6.97. The molecule has 15 heavy (non-hydrogen) atoms. The average Bonchev–Trinajstić information content (AvgIpc) is 2.16. The summed E-state index contributed by atoms with van der Waals surface area (Å²) in [6.07, 6.45) is 0.160. The van der Waals surface area contributed by atoms with Crippen LogP contribution in [0.4, 0.5) is 0 Å². The zero-order valence-electron chi connectivity index (χ0n) is 7.81. The van der Waals surface area contributed by atoms with Crippen molar-refractivity contribution >= 4 is 11.9 Å². The molecule has 1 rings (SSSR count). The fourth-order valence-electron chi connectivity index (χ4n) is 1.23. The second-order valence-electron chi connectivity index (χ2n) is 2.75. The Balaban J connectivity index is 3.59. The van der Waals surface area contributed by atoms with E-state index in [4.69, 9.17) is 10.2 Å². The van der Waals surface area contributed by atoms with Crippen LogP contribution in [-0.2, 0) is 6.42 Å². The van der Waals surface area contributed by atoms with E-state index in [1.54, 1.807) is 6.92 Å². The highest BCUT2D eigenvalue weighted by Gasteiger charge is 2.20. The van der Waals surface area contributed by atoms with Crippen LogP contribution in [0, 0.1) is 0 Å². The van der Waals surface area contributed by atoms with E-state index in [1.165, 1.54) is 0 Å². The summed E-state index contributed by atoms with van der Waals surface area (Å²) >= 11 is 0. The van der Waals surface area contributed by atoms with Gasteiger partial charge in [-0.1, -0.05) is 6.92 Å². The van der Waals surface area contributed by atoms with E-state index < -0.39 is 23.3 Å². The van der Waals surface area contributed by atoms with E-state index in [-0.39, 0.29) is 17.5 Å². The molecule has 1 aromatic heterocycles. The Morgan fingerprint density at radius 3 is 2.33 bits per heavy atom. The minimum absolute atomic E-state index is 0.00889. The molecule has 0 spiro atoms. The lowest BCUT2D eigenvalue weighted by molar-refractivity contribution is 0.0653. The highest BCUT2D eigenvalue weighted by Crippen LogP contribution is 2.13. The van der Waals surface area contributed by atoms with Gasteiger partial charge < -0.3 is 14.6 Å². The second kappa shape index (κ2) is 3.95. The Morgan fingerprint density at radius 2 is 1.93 bits per heavy atom. The van der Waals surface area contributed by atoms with Gasteiger partial charge in [0.25, 0.3) is 0 Å². The summed E-state index contributed by atoms with van der Waals surface area (Å²) in [5.41, 5.74) is -1.30. The molecule has 0 saturated carbocycles. The molecule has 0 fully saturated rings. The maximum atomic E-state index is 10.9. The lowest BCUT2D eigenvalue weighted by Crippen LogP contribution is -2.15. The third-order valence-electron chi connectivity index (χ3n) is 1.84. The van der Waals surface area contributed by atoms with Crippen LogP contribution in [0.25, 0.3) is 0 Å². The quantitative estimate of drug-likeness (QED) is 0.759.